The van der Waals surface area contributed by atoms with Crippen LogP contribution in [0.25, 0.3) is 11.4 Å². The molecule has 7 nitrogen and oxygen atoms in total. The smallest absolute Gasteiger partial charge is 0.319 e. The first-order chi connectivity index (χ1) is 16.5. The van der Waals surface area contributed by atoms with Crippen molar-refractivity contribution in [2.24, 2.45) is 0 Å². The Labute approximate surface area is 208 Å². The highest BCUT2D eigenvalue weighted by molar-refractivity contribution is 8.01. The predicted molar refractivity (Wildman–Crippen MR) is 136 cm³/mol. The van der Waals surface area contributed by atoms with Crippen LogP contribution in [-0.4, -0.2) is 45.0 Å². The molecule has 0 aliphatic heterocycles. The number of methoxy groups -OCH3 is 1. The van der Waals surface area contributed by atoms with Crippen LogP contribution in [0.4, 0.5) is 10.1 Å². The fraction of sp³-hybridized carbons (Fsp3) is 0.346. The first-order valence-electron chi connectivity index (χ1n) is 11.2. The van der Waals surface area contributed by atoms with Crippen LogP contribution in [0.3, 0.4) is 0 Å². The number of amides is 1. The number of benzene rings is 2. The fourth-order valence-corrected chi connectivity index (χ4v) is 4.52. The Kier molecular flexibility index (Phi) is 8.34. The summed E-state index contributed by atoms with van der Waals surface area (Å²) in [5, 5.41) is 12.2. The van der Waals surface area contributed by atoms with Crippen molar-refractivity contribution in [2.75, 3.05) is 19.0 Å². The summed E-state index contributed by atoms with van der Waals surface area (Å²) in [4.78, 5) is 30.1. The number of hydrogen-bond donors (Lipinski definition) is 2. The van der Waals surface area contributed by atoms with Crippen molar-refractivity contribution < 1.29 is 23.8 Å². The molecule has 2 N–H and O–H groups in total. The zero-order chi connectivity index (χ0) is 25.8. The number of hydrogen-bond acceptors (Lipinski definition) is 5. The number of carbonyl (C=O) groups is 2. The number of rotatable bonds is 10. The van der Waals surface area contributed by atoms with Gasteiger partial charge < -0.3 is 19.7 Å². The first kappa shape index (κ1) is 26.4. The second kappa shape index (κ2) is 11.0. The molecule has 0 saturated heterocycles. The highest BCUT2D eigenvalue weighted by Gasteiger charge is 2.28. The van der Waals surface area contributed by atoms with E-state index >= 15 is 0 Å². The van der Waals surface area contributed by atoms with Gasteiger partial charge in [-0.3, -0.25) is 9.59 Å². The van der Waals surface area contributed by atoms with E-state index in [2.05, 4.69) is 10.3 Å². The standard InChI is InChI=1S/C26H30FN3O4S/c1-16-15-19(27)9-12-21(16)28-24(31)22-17(2)30(13-6-14-34-5)23(29-22)18-7-10-20(11-8-18)35-26(3,4)25(32)33/h7-12,15H,6,13-14H2,1-5H3,(H,28,31)(H,32,33). The van der Waals surface area contributed by atoms with Crippen molar-refractivity contribution in [1.29, 1.82) is 0 Å². The fourth-order valence-electron chi connectivity index (χ4n) is 3.57. The Hall–Kier alpha value is -3.17. The van der Waals surface area contributed by atoms with Crippen LogP contribution >= 0.6 is 11.8 Å². The van der Waals surface area contributed by atoms with E-state index in [9.17, 15) is 19.1 Å². The highest BCUT2D eigenvalue weighted by atomic mass is 32.2. The Morgan fingerprint density at radius 1 is 1.17 bits per heavy atom. The average Bonchev–Trinajstić information content (AvgIpc) is 3.12. The third-order valence-electron chi connectivity index (χ3n) is 5.60. The molecule has 1 heterocycles. The van der Waals surface area contributed by atoms with Gasteiger partial charge in [0.15, 0.2) is 0 Å². The molecule has 0 fully saturated rings. The van der Waals surface area contributed by atoms with E-state index in [-0.39, 0.29) is 17.4 Å². The quantitative estimate of drug-likeness (QED) is 0.281. The second-order valence-corrected chi connectivity index (χ2v) is 10.4. The van der Waals surface area contributed by atoms with Crippen molar-refractivity contribution in [3.05, 3.63) is 65.2 Å². The maximum atomic E-state index is 13.5. The third-order valence-corrected chi connectivity index (χ3v) is 6.80. The average molecular weight is 500 g/mol. The van der Waals surface area contributed by atoms with Crippen LogP contribution in [0.5, 0.6) is 0 Å². The summed E-state index contributed by atoms with van der Waals surface area (Å²) in [5.41, 5.74) is 2.94. The van der Waals surface area contributed by atoms with Gasteiger partial charge in [-0.05, 0) is 70.0 Å². The molecule has 0 aliphatic carbocycles. The summed E-state index contributed by atoms with van der Waals surface area (Å²) in [6.07, 6.45) is 0.736. The van der Waals surface area contributed by atoms with E-state index in [1.165, 1.54) is 30.0 Å². The number of carboxylic acid groups (broad SMARTS) is 1. The summed E-state index contributed by atoms with van der Waals surface area (Å²) < 4.78 is 19.7. The molecule has 9 heteroatoms. The lowest BCUT2D eigenvalue weighted by Gasteiger charge is -2.18. The number of anilines is 1. The highest BCUT2D eigenvalue weighted by Crippen LogP contribution is 2.34. The van der Waals surface area contributed by atoms with Crippen LogP contribution < -0.4 is 5.32 Å². The van der Waals surface area contributed by atoms with Gasteiger partial charge in [0, 0.05) is 42.1 Å². The van der Waals surface area contributed by atoms with Gasteiger partial charge in [0.25, 0.3) is 5.91 Å². The lowest BCUT2D eigenvalue weighted by molar-refractivity contribution is -0.138. The van der Waals surface area contributed by atoms with Gasteiger partial charge in [-0.1, -0.05) is 12.1 Å². The summed E-state index contributed by atoms with van der Waals surface area (Å²) in [6.45, 7) is 8.06. The summed E-state index contributed by atoms with van der Waals surface area (Å²) in [7, 11) is 1.64. The van der Waals surface area contributed by atoms with Crippen molar-refractivity contribution in [1.82, 2.24) is 9.55 Å². The van der Waals surface area contributed by atoms with Crippen LogP contribution in [0.2, 0.25) is 0 Å². The Balaban J connectivity index is 1.93. The van der Waals surface area contributed by atoms with Gasteiger partial charge in [-0.15, -0.1) is 11.8 Å². The monoisotopic (exact) mass is 499 g/mol. The molecule has 0 atom stereocenters. The number of nitrogens with one attached hydrogen (secondary N) is 1. The van der Waals surface area contributed by atoms with Crippen LogP contribution in [0.15, 0.2) is 47.4 Å². The van der Waals surface area contributed by atoms with E-state index in [4.69, 9.17) is 4.74 Å². The number of imidazole rings is 1. The van der Waals surface area contributed by atoms with E-state index in [0.29, 0.717) is 35.9 Å². The lowest BCUT2D eigenvalue weighted by atomic mass is 10.2. The van der Waals surface area contributed by atoms with Gasteiger partial charge >= 0.3 is 5.97 Å². The second-order valence-electron chi connectivity index (χ2n) is 8.72. The number of halogens is 1. The van der Waals surface area contributed by atoms with Gasteiger partial charge in [0.05, 0.1) is 0 Å². The van der Waals surface area contributed by atoms with Crippen LogP contribution in [0, 0.1) is 19.7 Å². The normalized spacial score (nSPS) is 11.5. The zero-order valence-corrected chi connectivity index (χ0v) is 21.3. The largest absolute Gasteiger partial charge is 0.480 e. The minimum atomic E-state index is -0.958. The molecule has 1 amide bonds. The molecule has 0 aliphatic rings. The molecular formula is C26H30FN3O4S. The molecule has 0 unspecified atom stereocenters. The molecule has 0 bridgehead atoms. The number of thioether (sulfide) groups is 1. The molecule has 35 heavy (non-hydrogen) atoms. The molecular weight excluding hydrogens is 469 g/mol. The Morgan fingerprint density at radius 3 is 2.46 bits per heavy atom. The van der Waals surface area contributed by atoms with Gasteiger partial charge in [-0.25, -0.2) is 9.37 Å². The topological polar surface area (TPSA) is 93.4 Å². The molecule has 2 aromatic carbocycles. The number of carbonyl (C=O) groups excluding carboxylic acids is 1. The molecule has 0 spiro atoms. The minimum Gasteiger partial charge on any atom is -0.480 e. The van der Waals surface area contributed by atoms with Crippen molar-refractivity contribution in [3.63, 3.8) is 0 Å². The molecule has 0 radical (unpaired) electrons. The maximum absolute atomic E-state index is 13.5. The number of aryl methyl sites for hydroxylation is 1. The van der Waals surface area contributed by atoms with Gasteiger partial charge in [0.1, 0.15) is 22.1 Å². The van der Waals surface area contributed by atoms with Crippen LogP contribution in [0.1, 0.15) is 42.0 Å². The van der Waals surface area contributed by atoms with Crippen molar-refractivity contribution in [2.45, 2.75) is 50.3 Å². The predicted octanol–water partition coefficient (Wildman–Crippen LogP) is 5.55. The number of carboxylic acids is 1. The van der Waals surface area contributed by atoms with Crippen molar-refractivity contribution in [3.8, 4) is 11.4 Å². The van der Waals surface area contributed by atoms with E-state index in [1.807, 2.05) is 35.8 Å². The van der Waals surface area contributed by atoms with E-state index in [1.54, 1.807) is 27.9 Å². The van der Waals surface area contributed by atoms with Crippen LogP contribution in [-0.2, 0) is 16.1 Å². The molecule has 0 saturated carbocycles. The molecule has 1 aromatic heterocycles. The molecule has 186 valence electrons. The number of ether oxygens (including phenoxy) is 1. The number of aliphatic carboxylic acids is 1. The number of nitrogens with zero attached hydrogens (tertiary/aromatic N) is 2. The maximum Gasteiger partial charge on any atom is 0.319 e. The van der Waals surface area contributed by atoms with Gasteiger partial charge in [-0.2, -0.15) is 0 Å². The SMILES string of the molecule is COCCCn1c(-c2ccc(SC(C)(C)C(=O)O)cc2)nc(C(=O)Nc2ccc(F)cc2C)c1C. The van der Waals surface area contributed by atoms with Crippen molar-refractivity contribution >= 4 is 29.3 Å². The third kappa shape index (κ3) is 6.29. The number of aromatic nitrogens is 2. The zero-order valence-electron chi connectivity index (χ0n) is 20.5. The molecule has 3 aromatic rings. The van der Waals surface area contributed by atoms with E-state index < -0.39 is 10.7 Å². The lowest BCUT2D eigenvalue weighted by Crippen LogP contribution is -2.26. The minimum absolute atomic E-state index is 0.284. The first-order valence-corrected chi connectivity index (χ1v) is 12.0. The Morgan fingerprint density at radius 2 is 1.86 bits per heavy atom. The summed E-state index contributed by atoms with van der Waals surface area (Å²) in [6, 6.07) is 11.7. The van der Waals surface area contributed by atoms with Gasteiger partial charge in [0.2, 0.25) is 0 Å². The molecule has 3 rings (SSSR count). The summed E-state index contributed by atoms with van der Waals surface area (Å²) >= 11 is 1.26. The Bertz CT molecular complexity index is 1220. The van der Waals surface area contributed by atoms with E-state index in [0.717, 1.165) is 16.9 Å². The summed E-state index contributed by atoms with van der Waals surface area (Å²) in [5.74, 6) is -0.995.